The molecule has 0 spiro atoms. The van der Waals surface area contributed by atoms with E-state index < -0.39 is 15.9 Å². The second kappa shape index (κ2) is 9.63. The van der Waals surface area contributed by atoms with Crippen molar-refractivity contribution in [1.82, 2.24) is 15.2 Å². The Morgan fingerprint density at radius 3 is 2.44 bits per heavy atom. The van der Waals surface area contributed by atoms with E-state index in [9.17, 15) is 18.0 Å². The summed E-state index contributed by atoms with van der Waals surface area (Å²) in [4.78, 5) is 25.2. The predicted molar refractivity (Wildman–Crippen MR) is 105 cm³/mol. The van der Waals surface area contributed by atoms with Crippen LogP contribution in [0.4, 0.5) is 0 Å². The average molecular weight is 410 g/mol. The van der Waals surface area contributed by atoms with Crippen LogP contribution < -0.4 is 10.9 Å². The first-order chi connectivity index (χ1) is 12.9. The molecule has 0 fully saturated rings. The number of benzene rings is 1. The van der Waals surface area contributed by atoms with E-state index in [1.165, 1.54) is 28.6 Å². The van der Waals surface area contributed by atoms with Crippen LogP contribution in [-0.2, 0) is 21.2 Å². The van der Waals surface area contributed by atoms with Gasteiger partial charge >= 0.3 is 0 Å². The number of hydrogen-bond donors (Lipinski definition) is 2. The largest absolute Gasteiger partial charge is 0.273 e. The molecule has 0 unspecified atom stereocenters. The van der Waals surface area contributed by atoms with Gasteiger partial charge in [-0.05, 0) is 36.1 Å². The van der Waals surface area contributed by atoms with Crippen molar-refractivity contribution in [2.24, 2.45) is 0 Å². The maximum atomic E-state index is 12.6. The molecule has 2 amide bonds. The maximum absolute atomic E-state index is 12.6. The van der Waals surface area contributed by atoms with Gasteiger partial charge in [-0.25, -0.2) is 8.42 Å². The highest BCUT2D eigenvalue weighted by Gasteiger charge is 2.22. The van der Waals surface area contributed by atoms with Gasteiger partial charge in [0.15, 0.2) is 0 Å². The molecule has 2 N–H and O–H groups in total. The Hall–Kier alpha value is -2.23. The van der Waals surface area contributed by atoms with Crippen molar-refractivity contribution in [3.05, 3.63) is 52.2 Å². The highest BCUT2D eigenvalue weighted by molar-refractivity contribution is 7.89. The fraction of sp³-hybridized carbons (Fsp3) is 0.333. The molecular formula is C18H23N3O4S2. The number of sulfonamides is 1. The number of carbonyl (C=O) groups is 2. The van der Waals surface area contributed by atoms with E-state index in [1.807, 2.05) is 17.5 Å². The normalized spacial score (nSPS) is 11.4. The summed E-state index contributed by atoms with van der Waals surface area (Å²) < 4.78 is 26.4. The molecule has 1 aromatic carbocycles. The van der Waals surface area contributed by atoms with Crippen LogP contribution in [0.3, 0.4) is 0 Å². The van der Waals surface area contributed by atoms with Crippen molar-refractivity contribution in [3.63, 3.8) is 0 Å². The summed E-state index contributed by atoms with van der Waals surface area (Å²) in [6, 6.07) is 9.61. The Labute approximate surface area is 163 Å². The molecule has 0 radical (unpaired) electrons. The van der Waals surface area contributed by atoms with E-state index in [0.29, 0.717) is 19.5 Å². The molecule has 2 rings (SSSR count). The topological polar surface area (TPSA) is 95.6 Å². The molecule has 0 saturated carbocycles. The fourth-order valence-corrected chi connectivity index (χ4v) is 4.68. The summed E-state index contributed by atoms with van der Waals surface area (Å²) in [6.07, 6.45) is 0.841. The van der Waals surface area contributed by atoms with E-state index in [-0.39, 0.29) is 22.8 Å². The number of nitrogens with one attached hydrogen (secondary N) is 2. The van der Waals surface area contributed by atoms with Gasteiger partial charge in [-0.3, -0.25) is 20.4 Å². The highest BCUT2D eigenvalue weighted by atomic mass is 32.2. The molecular weight excluding hydrogens is 386 g/mol. The molecule has 0 bridgehead atoms. The smallest absolute Gasteiger partial charge is 0.269 e. The molecule has 0 atom stereocenters. The Morgan fingerprint density at radius 2 is 1.81 bits per heavy atom. The molecule has 1 heterocycles. The zero-order valence-electron chi connectivity index (χ0n) is 15.3. The fourth-order valence-electron chi connectivity index (χ4n) is 2.46. The molecule has 0 saturated heterocycles. The second-order valence-corrected chi connectivity index (χ2v) is 8.67. The van der Waals surface area contributed by atoms with E-state index in [4.69, 9.17) is 0 Å². The molecule has 0 aliphatic heterocycles. The molecule has 0 aliphatic rings. The van der Waals surface area contributed by atoms with Crippen molar-refractivity contribution in [3.8, 4) is 0 Å². The Bertz CT molecular complexity index is 876. The van der Waals surface area contributed by atoms with Crippen LogP contribution in [-0.4, -0.2) is 37.6 Å². The van der Waals surface area contributed by atoms with Crippen LogP contribution in [0.5, 0.6) is 0 Å². The summed E-state index contributed by atoms with van der Waals surface area (Å²) in [6.45, 7) is 4.19. The minimum absolute atomic E-state index is 0.0443. The number of hydrogen-bond acceptors (Lipinski definition) is 5. The van der Waals surface area contributed by atoms with Crippen LogP contribution >= 0.6 is 11.3 Å². The predicted octanol–water partition coefficient (Wildman–Crippen LogP) is 2.17. The van der Waals surface area contributed by atoms with E-state index in [1.54, 1.807) is 25.2 Å². The van der Waals surface area contributed by atoms with E-state index >= 15 is 0 Å². The molecule has 0 aliphatic carbocycles. The van der Waals surface area contributed by atoms with Crippen LogP contribution in [0.15, 0.2) is 46.7 Å². The molecule has 146 valence electrons. The zero-order chi connectivity index (χ0) is 19.9. The first-order valence-corrected chi connectivity index (χ1v) is 10.9. The maximum Gasteiger partial charge on any atom is 0.269 e. The number of carbonyl (C=O) groups excluding carboxylic acids is 2. The van der Waals surface area contributed by atoms with Gasteiger partial charge in [-0.1, -0.05) is 26.0 Å². The molecule has 1 aromatic heterocycles. The third-order valence-corrected chi connectivity index (χ3v) is 6.92. The van der Waals surface area contributed by atoms with Gasteiger partial charge < -0.3 is 0 Å². The van der Waals surface area contributed by atoms with Crippen molar-refractivity contribution < 1.29 is 18.0 Å². The highest BCUT2D eigenvalue weighted by Crippen LogP contribution is 2.17. The van der Waals surface area contributed by atoms with Crippen molar-refractivity contribution in [2.45, 2.75) is 31.6 Å². The van der Waals surface area contributed by atoms with Crippen LogP contribution in [0, 0.1) is 0 Å². The Kier molecular flexibility index (Phi) is 7.52. The summed E-state index contributed by atoms with van der Waals surface area (Å²) >= 11 is 1.57. The average Bonchev–Trinajstić information content (AvgIpc) is 3.19. The SMILES string of the molecule is CCN(CC)S(=O)(=O)c1cccc(C(=O)NNC(=O)CCc2cccs2)c1. The van der Waals surface area contributed by atoms with Crippen molar-refractivity contribution >= 4 is 33.2 Å². The van der Waals surface area contributed by atoms with Gasteiger partial charge in [-0.2, -0.15) is 4.31 Å². The van der Waals surface area contributed by atoms with Gasteiger partial charge in [0.05, 0.1) is 4.90 Å². The van der Waals surface area contributed by atoms with Crippen molar-refractivity contribution in [2.75, 3.05) is 13.1 Å². The first kappa shape index (κ1) is 21.1. The lowest BCUT2D eigenvalue weighted by Gasteiger charge is -2.18. The van der Waals surface area contributed by atoms with Crippen molar-refractivity contribution in [1.29, 1.82) is 0 Å². The zero-order valence-corrected chi connectivity index (χ0v) is 16.9. The summed E-state index contributed by atoms with van der Waals surface area (Å²) in [7, 11) is -3.66. The van der Waals surface area contributed by atoms with E-state index in [2.05, 4.69) is 10.9 Å². The minimum atomic E-state index is -3.66. The number of hydrazine groups is 1. The second-order valence-electron chi connectivity index (χ2n) is 5.70. The lowest BCUT2D eigenvalue weighted by atomic mass is 10.2. The molecule has 27 heavy (non-hydrogen) atoms. The Morgan fingerprint density at radius 1 is 1.07 bits per heavy atom. The van der Waals surface area contributed by atoms with Crippen LogP contribution in [0.25, 0.3) is 0 Å². The van der Waals surface area contributed by atoms with E-state index in [0.717, 1.165) is 4.88 Å². The number of aryl methyl sites for hydroxylation is 1. The van der Waals surface area contributed by atoms with Gasteiger partial charge in [0.25, 0.3) is 5.91 Å². The minimum Gasteiger partial charge on any atom is -0.273 e. The number of thiophene rings is 1. The van der Waals surface area contributed by atoms with Crippen LogP contribution in [0.1, 0.15) is 35.5 Å². The van der Waals surface area contributed by atoms with Gasteiger partial charge in [0, 0.05) is 30.0 Å². The summed E-state index contributed by atoms with van der Waals surface area (Å²) in [5.41, 5.74) is 4.83. The quantitative estimate of drug-likeness (QED) is 0.653. The lowest BCUT2D eigenvalue weighted by molar-refractivity contribution is -0.121. The van der Waals surface area contributed by atoms with Gasteiger partial charge in [0.2, 0.25) is 15.9 Å². The molecule has 7 nitrogen and oxygen atoms in total. The number of rotatable bonds is 8. The van der Waals surface area contributed by atoms with Gasteiger partial charge in [0.1, 0.15) is 0 Å². The monoisotopic (exact) mass is 409 g/mol. The molecule has 2 aromatic rings. The number of amides is 2. The van der Waals surface area contributed by atoms with Crippen LogP contribution in [0.2, 0.25) is 0 Å². The van der Waals surface area contributed by atoms with Gasteiger partial charge in [-0.15, -0.1) is 11.3 Å². The third-order valence-electron chi connectivity index (χ3n) is 3.93. The third kappa shape index (κ3) is 5.62. The molecule has 9 heteroatoms. The summed E-state index contributed by atoms with van der Waals surface area (Å²) in [5, 5.41) is 1.94. The lowest BCUT2D eigenvalue weighted by Crippen LogP contribution is -2.41. The summed E-state index contributed by atoms with van der Waals surface area (Å²) in [5.74, 6) is -0.889. The Balaban J connectivity index is 1.97. The standard InChI is InChI=1S/C18H23N3O4S2/c1-3-21(4-2)27(24,25)16-9-5-7-14(13-16)18(23)20-19-17(22)11-10-15-8-6-12-26-15/h5-9,12-13H,3-4,10-11H2,1-2H3,(H,19,22)(H,20,23). The number of nitrogens with zero attached hydrogens (tertiary/aromatic N) is 1. The first-order valence-electron chi connectivity index (χ1n) is 8.60.